The second-order valence-electron chi connectivity index (χ2n) is 3.95. The Kier molecular flexibility index (Phi) is 5.85. The van der Waals surface area contributed by atoms with Crippen molar-refractivity contribution in [3.05, 3.63) is 10.1 Å². The first-order chi connectivity index (χ1) is 8.47. The Bertz CT molecular complexity index is 275. The Hall–Kier alpha value is -0.840. The van der Waals surface area contributed by atoms with Gasteiger partial charge in [0.15, 0.2) is 0 Å². The highest BCUT2D eigenvalue weighted by molar-refractivity contribution is 4.88. The van der Waals surface area contributed by atoms with Crippen LogP contribution in [0, 0.1) is 10.1 Å². The summed E-state index contributed by atoms with van der Waals surface area (Å²) in [5.41, 5.74) is 0. The maximum Gasteiger partial charge on any atom is 0.206 e. The van der Waals surface area contributed by atoms with Crippen LogP contribution in [0.1, 0.15) is 6.42 Å². The van der Waals surface area contributed by atoms with Crippen molar-refractivity contribution in [3.63, 3.8) is 0 Å². The van der Waals surface area contributed by atoms with E-state index in [1.54, 1.807) is 0 Å². The normalized spacial score (nSPS) is 36.6. The van der Waals surface area contributed by atoms with E-state index in [1.807, 2.05) is 0 Å². The van der Waals surface area contributed by atoms with Crippen molar-refractivity contribution in [1.82, 2.24) is 0 Å². The number of aliphatic hydroxyl groups is 3. The van der Waals surface area contributed by atoms with Crippen molar-refractivity contribution >= 4 is 0 Å². The summed E-state index contributed by atoms with van der Waals surface area (Å²) in [5, 5.41) is 49.5. The van der Waals surface area contributed by atoms with Crippen LogP contribution in [0.15, 0.2) is 0 Å². The van der Waals surface area contributed by atoms with Gasteiger partial charge >= 0.3 is 0 Å². The van der Waals surface area contributed by atoms with E-state index < -0.39 is 42.2 Å². The monoisotopic (exact) mass is 266 g/mol. The van der Waals surface area contributed by atoms with Gasteiger partial charge in [0.2, 0.25) is 6.54 Å². The molecule has 9 nitrogen and oxygen atoms in total. The van der Waals surface area contributed by atoms with Gasteiger partial charge in [0.1, 0.15) is 18.3 Å². The molecular weight excluding hydrogens is 250 g/mol. The summed E-state index contributed by atoms with van der Waals surface area (Å²) >= 11 is 0. The number of hydrogen-bond donors (Lipinski definition) is 3. The van der Waals surface area contributed by atoms with Crippen molar-refractivity contribution < 1.29 is 34.8 Å². The Morgan fingerprint density at radius 1 is 1.33 bits per heavy atom. The largest absolute Gasteiger partial charge is 0.829 e. The summed E-state index contributed by atoms with van der Waals surface area (Å²) in [5.74, 6) is 0. The molecular formula is C9H16NO8-. The van der Waals surface area contributed by atoms with Crippen LogP contribution in [0.4, 0.5) is 0 Å². The zero-order chi connectivity index (χ0) is 13.7. The van der Waals surface area contributed by atoms with Crippen LogP contribution >= 0.6 is 0 Å². The second-order valence-corrected chi connectivity index (χ2v) is 3.95. The lowest BCUT2D eigenvalue weighted by Gasteiger charge is -2.45. The lowest BCUT2D eigenvalue weighted by Crippen LogP contribution is -2.63. The second kappa shape index (κ2) is 6.92. The van der Waals surface area contributed by atoms with Crippen molar-refractivity contribution in [3.8, 4) is 0 Å². The third kappa shape index (κ3) is 3.83. The molecule has 0 amide bonds. The quantitative estimate of drug-likeness (QED) is 0.259. The molecule has 1 heterocycles. The maximum atomic E-state index is 11.5. The molecule has 0 radical (unpaired) electrons. The van der Waals surface area contributed by atoms with E-state index in [9.17, 15) is 25.4 Å². The fourth-order valence-corrected chi connectivity index (χ4v) is 1.65. The van der Waals surface area contributed by atoms with Crippen LogP contribution in [0.2, 0.25) is 0 Å². The fraction of sp³-hybridized carbons (Fsp3) is 1.00. The summed E-state index contributed by atoms with van der Waals surface area (Å²) in [4.78, 5) is 9.53. The van der Waals surface area contributed by atoms with Crippen molar-refractivity contribution in [2.45, 2.75) is 37.1 Å². The van der Waals surface area contributed by atoms with E-state index in [1.165, 1.54) is 0 Å². The molecule has 1 aliphatic rings. The number of nitrogens with zero attached hydrogens (tertiary/aromatic N) is 1. The highest BCUT2D eigenvalue weighted by Gasteiger charge is 2.40. The zero-order valence-electron chi connectivity index (χ0n) is 9.55. The molecule has 18 heavy (non-hydrogen) atoms. The molecule has 0 saturated carbocycles. The van der Waals surface area contributed by atoms with Gasteiger partial charge in [-0.3, -0.25) is 10.1 Å². The Labute approximate surface area is 103 Å². The smallest absolute Gasteiger partial charge is 0.206 e. The zero-order valence-corrected chi connectivity index (χ0v) is 9.55. The summed E-state index contributed by atoms with van der Waals surface area (Å²) in [7, 11) is 0. The predicted octanol–water partition coefficient (Wildman–Crippen LogP) is -3.16. The molecule has 106 valence electrons. The standard InChI is InChI=1S/C9H16NO8/c11-4-5-6(12)7(13)8(9(14)18-5)17-3-1-2-10(15)16/h5-9,11-13H,1-4H2/q-1/t5-,6-,7+,8-,9-/m1/s1. The molecule has 0 aliphatic carbocycles. The maximum absolute atomic E-state index is 11.5. The Morgan fingerprint density at radius 3 is 2.56 bits per heavy atom. The molecule has 0 spiro atoms. The van der Waals surface area contributed by atoms with E-state index in [4.69, 9.17) is 14.6 Å². The number of aliphatic hydroxyl groups excluding tert-OH is 3. The molecule has 0 unspecified atom stereocenters. The first-order valence-corrected chi connectivity index (χ1v) is 5.49. The van der Waals surface area contributed by atoms with Gasteiger partial charge in [-0.2, -0.15) is 0 Å². The molecule has 1 fully saturated rings. The third-order valence-electron chi connectivity index (χ3n) is 2.62. The van der Waals surface area contributed by atoms with Crippen molar-refractivity contribution in [2.24, 2.45) is 0 Å². The van der Waals surface area contributed by atoms with E-state index in [0.717, 1.165) is 0 Å². The molecule has 5 atom stereocenters. The fourth-order valence-electron chi connectivity index (χ4n) is 1.65. The molecule has 9 heteroatoms. The number of hydrogen-bond acceptors (Lipinski definition) is 8. The van der Waals surface area contributed by atoms with Gasteiger partial charge in [0.25, 0.3) is 0 Å². The van der Waals surface area contributed by atoms with Crippen LogP contribution in [0.3, 0.4) is 0 Å². The predicted molar refractivity (Wildman–Crippen MR) is 54.0 cm³/mol. The number of ether oxygens (including phenoxy) is 2. The van der Waals surface area contributed by atoms with E-state index in [2.05, 4.69) is 0 Å². The molecule has 0 bridgehead atoms. The van der Waals surface area contributed by atoms with Gasteiger partial charge in [-0.15, -0.1) is 0 Å². The topological polar surface area (TPSA) is 145 Å². The number of rotatable bonds is 6. The molecule has 1 saturated heterocycles. The number of nitro groups is 1. The minimum atomic E-state index is -1.75. The molecule has 0 aromatic carbocycles. The minimum absolute atomic E-state index is 0.0858. The van der Waals surface area contributed by atoms with Gasteiger partial charge in [-0.1, -0.05) is 0 Å². The highest BCUT2D eigenvalue weighted by Crippen LogP contribution is 2.20. The van der Waals surface area contributed by atoms with Crippen LogP contribution in [0.25, 0.3) is 0 Å². The van der Waals surface area contributed by atoms with Gasteiger partial charge in [0, 0.05) is 17.6 Å². The Balaban J connectivity index is 2.42. The average molecular weight is 266 g/mol. The van der Waals surface area contributed by atoms with Gasteiger partial charge < -0.3 is 29.9 Å². The van der Waals surface area contributed by atoms with Crippen molar-refractivity contribution in [1.29, 1.82) is 0 Å². The van der Waals surface area contributed by atoms with Crippen LogP contribution < -0.4 is 5.11 Å². The Morgan fingerprint density at radius 2 is 2.00 bits per heavy atom. The summed E-state index contributed by atoms with van der Waals surface area (Å²) in [6.07, 6.45) is -7.05. The molecule has 1 rings (SSSR count). The minimum Gasteiger partial charge on any atom is -0.829 e. The summed E-state index contributed by atoms with van der Waals surface area (Å²) < 4.78 is 9.72. The first kappa shape index (κ1) is 15.2. The van der Waals surface area contributed by atoms with Gasteiger partial charge in [0.05, 0.1) is 19.3 Å². The van der Waals surface area contributed by atoms with Crippen LogP contribution in [-0.4, -0.2) is 70.7 Å². The molecule has 1 aliphatic heterocycles. The van der Waals surface area contributed by atoms with E-state index in [0.29, 0.717) is 0 Å². The van der Waals surface area contributed by atoms with Crippen LogP contribution in [0.5, 0.6) is 0 Å². The molecule has 0 aromatic heterocycles. The first-order valence-electron chi connectivity index (χ1n) is 5.49. The third-order valence-corrected chi connectivity index (χ3v) is 2.62. The van der Waals surface area contributed by atoms with E-state index in [-0.39, 0.29) is 19.6 Å². The SMILES string of the molecule is O=[N+]([O-])CCCO[C@@H]1[C@@H](O)[C@H](O)[C@@H](CO)O[C@H]1[O-]. The lowest BCUT2D eigenvalue weighted by molar-refractivity contribution is -0.535. The molecule has 3 N–H and O–H groups in total. The summed E-state index contributed by atoms with van der Waals surface area (Å²) in [6, 6.07) is 0. The van der Waals surface area contributed by atoms with Gasteiger partial charge in [-0.05, 0) is 0 Å². The van der Waals surface area contributed by atoms with E-state index >= 15 is 0 Å². The summed E-state index contributed by atoms with van der Waals surface area (Å²) in [6.45, 7) is -0.999. The average Bonchev–Trinajstić information content (AvgIpc) is 2.32. The molecule has 0 aromatic rings. The van der Waals surface area contributed by atoms with Crippen LogP contribution in [-0.2, 0) is 9.47 Å². The highest BCUT2D eigenvalue weighted by atomic mass is 16.7. The van der Waals surface area contributed by atoms with Crippen molar-refractivity contribution in [2.75, 3.05) is 19.8 Å². The van der Waals surface area contributed by atoms with Gasteiger partial charge in [-0.25, -0.2) is 0 Å². The lowest BCUT2D eigenvalue weighted by atomic mass is 9.99.